The molecule has 2 saturated carbocycles. The number of fused-ring (bicyclic) bond motifs is 2. The van der Waals surface area contributed by atoms with Gasteiger partial charge in [-0.25, -0.2) is 0 Å². The summed E-state index contributed by atoms with van der Waals surface area (Å²) in [6.45, 7) is 0.484. The van der Waals surface area contributed by atoms with Gasteiger partial charge < -0.3 is 5.32 Å². The predicted octanol–water partition coefficient (Wildman–Crippen LogP) is 3.02. The van der Waals surface area contributed by atoms with E-state index in [4.69, 9.17) is 0 Å². The monoisotopic (exact) mass is 239 g/mol. The number of rotatable bonds is 4. The Morgan fingerprint density at radius 1 is 1.20 bits per heavy atom. The summed E-state index contributed by atoms with van der Waals surface area (Å²) in [4.78, 5) is 0. The maximum absolute atomic E-state index is 11.8. The van der Waals surface area contributed by atoms with Gasteiger partial charge in [-0.15, -0.1) is 0 Å². The van der Waals surface area contributed by atoms with Crippen molar-refractivity contribution in [3.8, 4) is 0 Å². The van der Waals surface area contributed by atoms with E-state index in [1.54, 1.807) is 0 Å². The van der Waals surface area contributed by atoms with Crippen molar-refractivity contribution < 1.29 is 13.2 Å². The van der Waals surface area contributed by atoms with Gasteiger partial charge in [0.25, 0.3) is 0 Å². The molecule has 2 bridgehead atoms. The fourth-order valence-electron chi connectivity index (χ4n) is 2.91. The zero-order chi connectivity index (χ0) is 10.9. The Balaban J connectivity index is 1.59. The molecular formula is C10H16F3NS. The zero-order valence-corrected chi connectivity index (χ0v) is 9.33. The molecule has 3 unspecified atom stereocenters. The van der Waals surface area contributed by atoms with Gasteiger partial charge in [0.05, 0.1) is 0 Å². The van der Waals surface area contributed by atoms with E-state index in [0.29, 0.717) is 12.6 Å². The Morgan fingerprint density at radius 3 is 2.53 bits per heavy atom. The summed E-state index contributed by atoms with van der Waals surface area (Å²) < 4.78 is 35.5. The lowest BCUT2D eigenvalue weighted by Crippen LogP contribution is -2.35. The largest absolute Gasteiger partial charge is 0.441 e. The van der Waals surface area contributed by atoms with Crippen LogP contribution in [0.1, 0.15) is 25.7 Å². The third-order valence-electron chi connectivity index (χ3n) is 3.51. The summed E-state index contributed by atoms with van der Waals surface area (Å²) in [7, 11) is 0. The Morgan fingerprint density at radius 2 is 2.00 bits per heavy atom. The van der Waals surface area contributed by atoms with E-state index >= 15 is 0 Å². The SMILES string of the molecule is FC(F)(F)SCCNC1CC2CCC1C2. The molecule has 0 heterocycles. The van der Waals surface area contributed by atoms with E-state index in [1.807, 2.05) is 0 Å². The van der Waals surface area contributed by atoms with Gasteiger partial charge in [-0.1, -0.05) is 6.42 Å². The van der Waals surface area contributed by atoms with Crippen LogP contribution in [0, 0.1) is 11.8 Å². The zero-order valence-electron chi connectivity index (χ0n) is 8.52. The molecule has 0 saturated heterocycles. The van der Waals surface area contributed by atoms with Crippen LogP contribution >= 0.6 is 11.8 Å². The molecule has 88 valence electrons. The third-order valence-corrected chi connectivity index (χ3v) is 4.25. The van der Waals surface area contributed by atoms with Crippen molar-refractivity contribution in [3.63, 3.8) is 0 Å². The molecule has 0 spiro atoms. The van der Waals surface area contributed by atoms with Gasteiger partial charge in [0.2, 0.25) is 0 Å². The number of hydrogen-bond acceptors (Lipinski definition) is 2. The highest BCUT2D eigenvalue weighted by Gasteiger charge is 2.39. The number of halogens is 3. The highest BCUT2D eigenvalue weighted by molar-refractivity contribution is 8.00. The van der Waals surface area contributed by atoms with Crippen LogP contribution in [-0.4, -0.2) is 23.8 Å². The lowest BCUT2D eigenvalue weighted by molar-refractivity contribution is -0.0327. The molecule has 0 aromatic rings. The second-order valence-corrected chi connectivity index (χ2v) is 5.69. The van der Waals surface area contributed by atoms with Gasteiger partial charge in [0.1, 0.15) is 0 Å². The van der Waals surface area contributed by atoms with Gasteiger partial charge in [0.15, 0.2) is 0 Å². The smallest absolute Gasteiger partial charge is 0.313 e. The lowest BCUT2D eigenvalue weighted by Gasteiger charge is -2.22. The third kappa shape index (κ3) is 3.28. The summed E-state index contributed by atoms with van der Waals surface area (Å²) in [5.41, 5.74) is -4.07. The molecule has 0 radical (unpaired) electrons. The molecule has 5 heteroatoms. The van der Waals surface area contributed by atoms with Gasteiger partial charge >= 0.3 is 5.51 Å². The van der Waals surface area contributed by atoms with Gasteiger partial charge in [-0.05, 0) is 42.9 Å². The first kappa shape index (κ1) is 11.6. The Hall–Kier alpha value is 0.1000. The quantitative estimate of drug-likeness (QED) is 0.757. The van der Waals surface area contributed by atoms with Gasteiger partial charge in [-0.3, -0.25) is 0 Å². The highest BCUT2D eigenvalue weighted by atomic mass is 32.2. The standard InChI is InChI=1S/C10H16F3NS/c11-10(12,13)15-4-3-14-9-6-7-1-2-8(9)5-7/h7-9,14H,1-6H2. The fraction of sp³-hybridized carbons (Fsp3) is 1.00. The second-order valence-electron chi connectivity index (χ2n) is 4.53. The average Bonchev–Trinajstić information content (AvgIpc) is 2.71. The van der Waals surface area contributed by atoms with Crippen LogP contribution in [0.15, 0.2) is 0 Å². The van der Waals surface area contributed by atoms with Gasteiger partial charge in [-0.2, -0.15) is 13.2 Å². The van der Waals surface area contributed by atoms with E-state index in [-0.39, 0.29) is 17.5 Å². The second kappa shape index (κ2) is 4.53. The van der Waals surface area contributed by atoms with Crippen molar-refractivity contribution >= 4 is 11.8 Å². The number of thioether (sulfide) groups is 1. The topological polar surface area (TPSA) is 12.0 Å². The van der Waals surface area contributed by atoms with Crippen molar-refractivity contribution in [1.29, 1.82) is 0 Å². The predicted molar refractivity (Wildman–Crippen MR) is 55.8 cm³/mol. The molecule has 15 heavy (non-hydrogen) atoms. The minimum absolute atomic E-state index is 0.0745. The molecule has 0 amide bonds. The molecule has 3 atom stereocenters. The van der Waals surface area contributed by atoms with Crippen molar-refractivity contribution in [2.75, 3.05) is 12.3 Å². The molecule has 0 aliphatic heterocycles. The van der Waals surface area contributed by atoms with Crippen LogP contribution in [0.2, 0.25) is 0 Å². The minimum Gasteiger partial charge on any atom is -0.313 e. The Labute approximate surface area is 92.2 Å². The van der Waals surface area contributed by atoms with Crippen LogP contribution < -0.4 is 5.32 Å². The van der Waals surface area contributed by atoms with Crippen molar-refractivity contribution in [3.05, 3.63) is 0 Å². The maximum atomic E-state index is 11.8. The number of nitrogens with one attached hydrogen (secondary N) is 1. The Kier molecular flexibility index (Phi) is 3.50. The first-order chi connectivity index (χ1) is 7.04. The summed E-state index contributed by atoms with van der Waals surface area (Å²) in [6.07, 6.45) is 5.08. The van der Waals surface area contributed by atoms with E-state index in [0.717, 1.165) is 11.8 Å². The molecule has 0 aromatic heterocycles. The van der Waals surface area contributed by atoms with Crippen LogP contribution in [0.3, 0.4) is 0 Å². The number of hydrogen-bond donors (Lipinski definition) is 1. The van der Waals surface area contributed by atoms with Gasteiger partial charge in [0, 0.05) is 18.3 Å². The Bertz CT molecular complexity index is 219. The molecule has 2 rings (SSSR count). The van der Waals surface area contributed by atoms with Crippen LogP contribution in [0.4, 0.5) is 13.2 Å². The minimum atomic E-state index is -4.07. The van der Waals surface area contributed by atoms with E-state index < -0.39 is 5.51 Å². The van der Waals surface area contributed by atoms with E-state index in [9.17, 15) is 13.2 Å². The molecule has 0 aromatic carbocycles. The van der Waals surface area contributed by atoms with E-state index in [1.165, 1.54) is 25.7 Å². The summed E-state index contributed by atoms with van der Waals surface area (Å²) in [5.74, 6) is 1.73. The maximum Gasteiger partial charge on any atom is 0.441 e. The van der Waals surface area contributed by atoms with Crippen molar-refractivity contribution in [1.82, 2.24) is 5.32 Å². The number of alkyl halides is 3. The molecule has 2 aliphatic rings. The molecule has 1 nitrogen and oxygen atoms in total. The molecule has 2 fully saturated rings. The van der Waals surface area contributed by atoms with Crippen molar-refractivity contribution in [2.24, 2.45) is 11.8 Å². The summed E-state index contributed by atoms with van der Waals surface area (Å²) in [6, 6.07) is 0.498. The summed E-state index contributed by atoms with van der Waals surface area (Å²) in [5, 5.41) is 3.26. The molecule has 2 aliphatic carbocycles. The van der Waals surface area contributed by atoms with Crippen LogP contribution in [0.5, 0.6) is 0 Å². The fourth-order valence-corrected chi connectivity index (χ4v) is 3.36. The van der Waals surface area contributed by atoms with Crippen molar-refractivity contribution in [2.45, 2.75) is 37.2 Å². The highest BCUT2D eigenvalue weighted by Crippen LogP contribution is 2.44. The average molecular weight is 239 g/mol. The first-order valence-electron chi connectivity index (χ1n) is 5.48. The normalized spacial score (nSPS) is 35.0. The van der Waals surface area contributed by atoms with E-state index in [2.05, 4.69) is 5.32 Å². The first-order valence-corrected chi connectivity index (χ1v) is 6.47. The lowest BCUT2D eigenvalue weighted by atomic mass is 9.95. The van der Waals surface area contributed by atoms with Crippen LogP contribution in [0.25, 0.3) is 0 Å². The molecular weight excluding hydrogens is 223 g/mol. The van der Waals surface area contributed by atoms with Crippen LogP contribution in [-0.2, 0) is 0 Å². The summed E-state index contributed by atoms with van der Waals surface area (Å²) >= 11 is 0.0745. The molecule has 1 N–H and O–H groups in total.